The van der Waals surface area contributed by atoms with Crippen molar-refractivity contribution in [1.82, 2.24) is 4.31 Å². The van der Waals surface area contributed by atoms with E-state index >= 15 is 0 Å². The molecule has 0 bridgehead atoms. The first-order chi connectivity index (χ1) is 16.7. The second-order valence-electron chi connectivity index (χ2n) is 7.50. The molecule has 1 fully saturated rings. The van der Waals surface area contributed by atoms with Crippen molar-refractivity contribution in [3.63, 3.8) is 0 Å². The van der Waals surface area contributed by atoms with E-state index in [4.69, 9.17) is 18.9 Å². The molecule has 2 aromatic rings. The van der Waals surface area contributed by atoms with Crippen molar-refractivity contribution >= 4 is 21.6 Å². The number of carbonyl (C=O) groups is 1. The third-order valence-corrected chi connectivity index (χ3v) is 7.01. The molecule has 2 aromatic carbocycles. The van der Waals surface area contributed by atoms with Crippen LogP contribution in [-0.4, -0.2) is 78.5 Å². The molecule has 192 valence electrons. The van der Waals surface area contributed by atoms with Gasteiger partial charge >= 0.3 is 0 Å². The molecular formula is C22H25F3N2O7S. The number of halogens is 3. The van der Waals surface area contributed by atoms with Gasteiger partial charge in [0.1, 0.15) is 10.6 Å². The molecule has 1 saturated heterocycles. The van der Waals surface area contributed by atoms with E-state index in [9.17, 15) is 26.4 Å². The van der Waals surface area contributed by atoms with E-state index in [0.29, 0.717) is 18.7 Å². The average molecular weight is 519 g/mol. The van der Waals surface area contributed by atoms with E-state index < -0.39 is 39.5 Å². The highest BCUT2D eigenvalue weighted by Crippen LogP contribution is 2.29. The van der Waals surface area contributed by atoms with Gasteiger partial charge in [-0.1, -0.05) is 0 Å². The van der Waals surface area contributed by atoms with Crippen molar-refractivity contribution in [1.29, 1.82) is 0 Å². The molecule has 0 saturated carbocycles. The van der Waals surface area contributed by atoms with E-state index in [1.807, 2.05) is 0 Å². The zero-order valence-corrected chi connectivity index (χ0v) is 19.9. The van der Waals surface area contributed by atoms with Crippen LogP contribution in [0.15, 0.2) is 35.2 Å². The highest BCUT2D eigenvalue weighted by molar-refractivity contribution is 7.89. The number of hydrogen-bond acceptors (Lipinski definition) is 7. The lowest BCUT2D eigenvalue weighted by molar-refractivity contribution is -0.0216. The third-order valence-electron chi connectivity index (χ3n) is 5.12. The molecule has 1 aliphatic heterocycles. The maximum Gasteiger partial charge on any atom is 0.255 e. The molecule has 1 aliphatic rings. The van der Waals surface area contributed by atoms with Gasteiger partial charge in [0.05, 0.1) is 39.6 Å². The molecule has 0 spiro atoms. The number of carbonyl (C=O) groups excluding carboxylic acids is 1. The normalized spacial score (nSPS) is 17.1. The molecule has 1 unspecified atom stereocenters. The molecule has 13 heteroatoms. The number of sulfonamides is 1. The molecule has 1 heterocycles. The highest BCUT2D eigenvalue weighted by Gasteiger charge is 2.32. The zero-order chi connectivity index (χ0) is 25.6. The first kappa shape index (κ1) is 26.9. The second kappa shape index (κ2) is 11.8. The zero-order valence-electron chi connectivity index (χ0n) is 19.1. The van der Waals surface area contributed by atoms with Crippen LogP contribution in [0, 0.1) is 17.5 Å². The highest BCUT2D eigenvalue weighted by atomic mass is 32.2. The quantitative estimate of drug-likeness (QED) is 0.402. The van der Waals surface area contributed by atoms with Gasteiger partial charge in [0.15, 0.2) is 17.5 Å². The van der Waals surface area contributed by atoms with E-state index in [0.717, 1.165) is 6.07 Å². The third kappa shape index (κ3) is 6.49. The Kier molecular flexibility index (Phi) is 9.08. The van der Waals surface area contributed by atoms with Crippen LogP contribution in [-0.2, 0) is 24.2 Å². The largest absolute Gasteiger partial charge is 0.495 e. The maximum absolute atomic E-state index is 13.5. The molecular weight excluding hydrogens is 493 g/mol. The van der Waals surface area contributed by atoms with Crippen LogP contribution in [0.2, 0.25) is 0 Å². The van der Waals surface area contributed by atoms with E-state index in [1.54, 1.807) is 0 Å². The van der Waals surface area contributed by atoms with Crippen molar-refractivity contribution in [3.8, 4) is 5.75 Å². The number of ether oxygens (including phenoxy) is 4. The lowest BCUT2D eigenvalue weighted by atomic mass is 10.2. The Morgan fingerprint density at radius 3 is 2.51 bits per heavy atom. The van der Waals surface area contributed by atoms with Gasteiger partial charge in [-0.3, -0.25) is 4.79 Å². The number of anilines is 1. The summed E-state index contributed by atoms with van der Waals surface area (Å²) in [5.41, 5.74) is -0.471. The summed E-state index contributed by atoms with van der Waals surface area (Å²) in [4.78, 5) is 12.4. The number of methoxy groups -OCH3 is 2. The Labute approximate surface area is 200 Å². The molecule has 1 N–H and O–H groups in total. The molecule has 35 heavy (non-hydrogen) atoms. The summed E-state index contributed by atoms with van der Waals surface area (Å²) in [5.74, 6) is -5.52. The standard InChI is InChI=1S/C22H25F3N2O7S/c1-31-7-8-34-16-12-27(5-6-33-13-16)35(29,30)20-9-14(3-4-19(20)32-2)22(28)26-15-10-17(23)21(25)18(24)11-15/h3-4,9-11,16H,5-8,12-13H2,1-2H3,(H,26,28). The van der Waals surface area contributed by atoms with Gasteiger partial charge in [-0.25, -0.2) is 21.6 Å². The second-order valence-corrected chi connectivity index (χ2v) is 9.40. The van der Waals surface area contributed by atoms with Gasteiger partial charge in [-0.15, -0.1) is 0 Å². The van der Waals surface area contributed by atoms with Crippen molar-refractivity contribution < 1.29 is 45.3 Å². The predicted molar refractivity (Wildman–Crippen MR) is 118 cm³/mol. The minimum atomic E-state index is -4.17. The Morgan fingerprint density at radius 1 is 1.14 bits per heavy atom. The van der Waals surface area contributed by atoms with Crippen LogP contribution in [0.3, 0.4) is 0 Å². The molecule has 0 radical (unpaired) electrons. The van der Waals surface area contributed by atoms with Gasteiger partial charge in [-0.05, 0) is 18.2 Å². The van der Waals surface area contributed by atoms with Crippen molar-refractivity contribution in [3.05, 3.63) is 53.3 Å². The summed E-state index contributed by atoms with van der Waals surface area (Å²) in [5, 5.41) is 2.22. The van der Waals surface area contributed by atoms with Gasteiger partial charge in [0.2, 0.25) is 10.0 Å². The van der Waals surface area contributed by atoms with Crippen molar-refractivity contribution in [2.75, 3.05) is 59.1 Å². The monoisotopic (exact) mass is 518 g/mol. The topological polar surface area (TPSA) is 103 Å². The van der Waals surface area contributed by atoms with Crippen molar-refractivity contribution in [2.24, 2.45) is 0 Å². The van der Waals surface area contributed by atoms with Gasteiger partial charge in [0, 0.05) is 43.6 Å². The first-order valence-corrected chi connectivity index (χ1v) is 11.9. The number of nitrogens with one attached hydrogen (secondary N) is 1. The lowest BCUT2D eigenvalue weighted by Gasteiger charge is -2.24. The fraction of sp³-hybridized carbons (Fsp3) is 0.409. The van der Waals surface area contributed by atoms with Crippen LogP contribution in [0.1, 0.15) is 10.4 Å². The molecule has 1 atom stereocenters. The number of amides is 1. The number of nitrogens with zero attached hydrogens (tertiary/aromatic N) is 1. The Bertz CT molecular complexity index is 1140. The molecule has 3 rings (SSSR count). The van der Waals surface area contributed by atoms with Crippen molar-refractivity contribution in [2.45, 2.75) is 11.0 Å². The molecule has 0 aromatic heterocycles. The summed E-state index contributed by atoms with van der Waals surface area (Å²) in [6.45, 7) is 0.950. The average Bonchev–Trinajstić information content (AvgIpc) is 3.08. The van der Waals surface area contributed by atoms with E-state index in [-0.39, 0.29) is 54.8 Å². The summed E-state index contributed by atoms with van der Waals surface area (Å²) >= 11 is 0. The van der Waals surface area contributed by atoms with Crippen LogP contribution in [0.25, 0.3) is 0 Å². The molecule has 9 nitrogen and oxygen atoms in total. The smallest absolute Gasteiger partial charge is 0.255 e. The maximum atomic E-state index is 13.5. The molecule has 0 aliphatic carbocycles. The van der Waals surface area contributed by atoms with Gasteiger partial charge in [0.25, 0.3) is 5.91 Å². The van der Waals surface area contributed by atoms with Crippen LogP contribution in [0.4, 0.5) is 18.9 Å². The Hall–Kier alpha value is -2.71. The summed E-state index contributed by atoms with van der Waals surface area (Å²) in [6, 6.07) is 4.88. The molecule has 1 amide bonds. The first-order valence-electron chi connectivity index (χ1n) is 10.5. The minimum Gasteiger partial charge on any atom is -0.495 e. The van der Waals surface area contributed by atoms with Gasteiger partial charge in [-0.2, -0.15) is 4.31 Å². The fourth-order valence-corrected chi connectivity index (χ4v) is 5.00. The number of rotatable bonds is 9. The number of benzene rings is 2. The van der Waals surface area contributed by atoms with Crippen LogP contribution < -0.4 is 10.1 Å². The summed E-state index contributed by atoms with van der Waals surface area (Å²) < 4.78 is 89.5. The minimum absolute atomic E-state index is 0.000239. The summed E-state index contributed by atoms with van der Waals surface area (Å²) in [7, 11) is -1.38. The predicted octanol–water partition coefficient (Wildman–Crippen LogP) is 2.42. The van der Waals surface area contributed by atoms with E-state index in [2.05, 4.69) is 5.32 Å². The fourth-order valence-electron chi connectivity index (χ4n) is 3.36. The van der Waals surface area contributed by atoms with Crippen LogP contribution >= 0.6 is 0 Å². The lowest BCUT2D eigenvalue weighted by Crippen LogP contribution is -2.39. The SMILES string of the molecule is COCCOC1COCCN(S(=O)(=O)c2cc(C(=O)Nc3cc(F)c(F)c(F)c3)ccc2OC)C1. The van der Waals surface area contributed by atoms with E-state index in [1.165, 1.54) is 30.7 Å². The Balaban J connectivity index is 1.87. The van der Waals surface area contributed by atoms with Crippen LogP contribution in [0.5, 0.6) is 5.75 Å². The van der Waals surface area contributed by atoms with Gasteiger partial charge < -0.3 is 24.3 Å². The Morgan fingerprint density at radius 2 is 1.86 bits per heavy atom. The number of hydrogen-bond donors (Lipinski definition) is 1. The summed E-state index contributed by atoms with van der Waals surface area (Å²) in [6.07, 6.45) is -0.539.